The lowest BCUT2D eigenvalue weighted by Crippen LogP contribution is -2.45. The molecule has 0 spiro atoms. The first-order chi connectivity index (χ1) is 10.6. The van der Waals surface area contributed by atoms with E-state index in [1.807, 2.05) is 0 Å². The third kappa shape index (κ3) is 2.70. The molecule has 4 nitrogen and oxygen atoms in total. The van der Waals surface area contributed by atoms with Crippen LogP contribution in [-0.4, -0.2) is 24.4 Å². The van der Waals surface area contributed by atoms with Crippen LogP contribution in [0.4, 0.5) is 4.39 Å². The molecule has 0 unspecified atom stereocenters. The molecule has 0 aliphatic carbocycles. The van der Waals surface area contributed by atoms with E-state index in [1.165, 1.54) is 17.4 Å². The zero-order valence-corrected chi connectivity index (χ0v) is 13.1. The van der Waals surface area contributed by atoms with Gasteiger partial charge in [0.15, 0.2) is 0 Å². The first-order valence-corrected chi connectivity index (χ1v) is 8.16. The number of carbonyl (C=O) groups excluding carboxylic acids is 2. The molecule has 2 amide bonds. The molecule has 2 aromatic rings. The van der Waals surface area contributed by atoms with E-state index in [-0.39, 0.29) is 17.6 Å². The number of thiophene rings is 1. The van der Waals surface area contributed by atoms with Crippen LogP contribution in [0.3, 0.4) is 0 Å². The van der Waals surface area contributed by atoms with Gasteiger partial charge in [-0.1, -0.05) is 6.07 Å². The van der Waals surface area contributed by atoms with Crippen LogP contribution in [0, 0.1) is 12.7 Å². The minimum absolute atomic E-state index is 0.143. The Morgan fingerprint density at radius 3 is 3.00 bits per heavy atom. The third-order valence-corrected chi connectivity index (χ3v) is 5.21. The van der Waals surface area contributed by atoms with E-state index < -0.39 is 6.04 Å². The van der Waals surface area contributed by atoms with Crippen molar-refractivity contribution in [1.29, 1.82) is 0 Å². The fourth-order valence-corrected chi connectivity index (χ4v) is 3.90. The minimum Gasteiger partial charge on any atom is -0.354 e. The highest BCUT2D eigenvalue weighted by Crippen LogP contribution is 2.32. The Bertz CT molecular complexity index is 741. The van der Waals surface area contributed by atoms with Crippen molar-refractivity contribution in [2.24, 2.45) is 0 Å². The van der Waals surface area contributed by atoms with E-state index in [2.05, 4.69) is 10.6 Å². The molecule has 0 saturated carbocycles. The van der Waals surface area contributed by atoms with Gasteiger partial charge in [-0.15, -0.1) is 11.3 Å². The molecule has 0 radical (unpaired) electrons. The summed E-state index contributed by atoms with van der Waals surface area (Å²) < 4.78 is 14.7. The van der Waals surface area contributed by atoms with Gasteiger partial charge in [-0.3, -0.25) is 9.59 Å². The lowest BCUT2D eigenvalue weighted by Gasteiger charge is -2.14. The second kappa shape index (κ2) is 6.04. The van der Waals surface area contributed by atoms with Gasteiger partial charge in [-0.25, -0.2) is 4.39 Å². The fourth-order valence-electron chi connectivity index (χ4n) is 2.77. The molecule has 1 aliphatic rings. The average molecular weight is 320 g/mol. The highest BCUT2D eigenvalue weighted by atomic mass is 32.1. The maximum atomic E-state index is 13.9. The molecule has 22 heavy (non-hydrogen) atoms. The number of aryl methyl sites for hydroxylation is 1. The molecular weight excluding hydrogens is 303 g/mol. The highest BCUT2D eigenvalue weighted by molar-refractivity contribution is 7.21. The molecule has 116 valence electrons. The highest BCUT2D eigenvalue weighted by Gasteiger charge is 2.25. The molecule has 2 heterocycles. The van der Waals surface area contributed by atoms with E-state index in [9.17, 15) is 14.0 Å². The quantitative estimate of drug-likeness (QED) is 0.894. The number of hydrogen-bond donors (Lipinski definition) is 2. The van der Waals surface area contributed by atoms with Crippen molar-refractivity contribution < 1.29 is 14.0 Å². The minimum atomic E-state index is -0.510. The molecule has 3 rings (SSSR count). The van der Waals surface area contributed by atoms with Crippen LogP contribution in [0.15, 0.2) is 18.2 Å². The summed E-state index contributed by atoms with van der Waals surface area (Å²) in [6, 6.07) is 4.31. The van der Waals surface area contributed by atoms with Crippen molar-refractivity contribution in [3.63, 3.8) is 0 Å². The van der Waals surface area contributed by atoms with Gasteiger partial charge in [0.05, 0.1) is 4.88 Å². The summed E-state index contributed by atoms with van der Waals surface area (Å²) in [7, 11) is 0. The molecule has 1 saturated heterocycles. The van der Waals surface area contributed by atoms with Crippen LogP contribution >= 0.6 is 11.3 Å². The van der Waals surface area contributed by atoms with Crippen molar-refractivity contribution >= 4 is 33.2 Å². The second-order valence-corrected chi connectivity index (χ2v) is 6.53. The number of nitrogens with one attached hydrogen (secondary N) is 2. The molecule has 1 atom stereocenters. The summed E-state index contributed by atoms with van der Waals surface area (Å²) in [5, 5.41) is 6.06. The van der Waals surface area contributed by atoms with Crippen LogP contribution in [0.5, 0.6) is 0 Å². The van der Waals surface area contributed by atoms with Crippen LogP contribution in [0.1, 0.15) is 34.5 Å². The van der Waals surface area contributed by atoms with Gasteiger partial charge < -0.3 is 10.6 Å². The number of amides is 2. The van der Waals surface area contributed by atoms with E-state index >= 15 is 0 Å². The number of carbonyl (C=O) groups is 2. The fraction of sp³-hybridized carbons (Fsp3) is 0.375. The summed E-state index contributed by atoms with van der Waals surface area (Å²) in [6.07, 6.45) is 2.45. The van der Waals surface area contributed by atoms with Crippen molar-refractivity contribution in [2.45, 2.75) is 32.2 Å². The zero-order valence-electron chi connectivity index (χ0n) is 12.2. The van der Waals surface area contributed by atoms with Crippen molar-refractivity contribution in [2.75, 3.05) is 6.54 Å². The zero-order chi connectivity index (χ0) is 15.7. The van der Waals surface area contributed by atoms with E-state index in [1.54, 1.807) is 19.1 Å². The summed E-state index contributed by atoms with van der Waals surface area (Å²) in [6.45, 7) is 2.39. The number of hydrogen-bond acceptors (Lipinski definition) is 3. The Morgan fingerprint density at radius 1 is 1.41 bits per heavy atom. The van der Waals surface area contributed by atoms with E-state index in [0.717, 1.165) is 17.5 Å². The topological polar surface area (TPSA) is 58.2 Å². The van der Waals surface area contributed by atoms with E-state index in [0.29, 0.717) is 28.8 Å². The SMILES string of the molecule is Cc1c(C(=O)N[C@H]2CCCCNC2=O)sc2cccc(F)c12. The molecular formula is C16H17FN2O2S. The Hall–Kier alpha value is -1.95. The summed E-state index contributed by atoms with van der Waals surface area (Å²) >= 11 is 1.26. The Balaban J connectivity index is 1.87. The van der Waals surface area contributed by atoms with Gasteiger partial charge in [0.1, 0.15) is 11.9 Å². The monoisotopic (exact) mass is 320 g/mol. The maximum Gasteiger partial charge on any atom is 0.262 e. The standard InChI is InChI=1S/C16H17FN2O2S/c1-9-13-10(17)5-4-7-12(13)22-14(9)16(21)19-11-6-2-3-8-18-15(11)20/h4-5,7,11H,2-3,6,8H2,1H3,(H,18,20)(H,19,21)/t11-/m0/s1. The van der Waals surface area contributed by atoms with Crippen molar-refractivity contribution in [3.05, 3.63) is 34.5 Å². The van der Waals surface area contributed by atoms with Gasteiger partial charge in [0.2, 0.25) is 5.91 Å². The lowest BCUT2D eigenvalue weighted by atomic mass is 10.1. The van der Waals surface area contributed by atoms with Gasteiger partial charge in [-0.2, -0.15) is 0 Å². The van der Waals surface area contributed by atoms with Crippen LogP contribution in [0.25, 0.3) is 10.1 Å². The molecule has 1 fully saturated rings. The number of fused-ring (bicyclic) bond motifs is 1. The Kier molecular flexibility index (Phi) is 4.11. The number of rotatable bonds is 2. The summed E-state index contributed by atoms with van der Waals surface area (Å²) in [5.74, 6) is -0.770. The Morgan fingerprint density at radius 2 is 2.23 bits per heavy atom. The van der Waals surface area contributed by atoms with Crippen molar-refractivity contribution in [1.82, 2.24) is 10.6 Å². The van der Waals surface area contributed by atoms with E-state index in [4.69, 9.17) is 0 Å². The molecule has 1 aromatic carbocycles. The van der Waals surface area contributed by atoms with Crippen LogP contribution in [0.2, 0.25) is 0 Å². The number of halogens is 1. The summed E-state index contributed by atoms with van der Waals surface area (Å²) in [4.78, 5) is 24.8. The normalized spacial score (nSPS) is 18.8. The molecule has 6 heteroatoms. The maximum absolute atomic E-state index is 13.9. The molecule has 1 aromatic heterocycles. The smallest absolute Gasteiger partial charge is 0.262 e. The molecule has 0 bridgehead atoms. The Labute approximate surface area is 131 Å². The molecule has 2 N–H and O–H groups in total. The predicted octanol–water partition coefficient (Wildman–Crippen LogP) is 2.75. The van der Waals surface area contributed by atoms with Crippen LogP contribution in [-0.2, 0) is 4.79 Å². The van der Waals surface area contributed by atoms with Gasteiger partial charge >= 0.3 is 0 Å². The number of benzene rings is 1. The second-order valence-electron chi connectivity index (χ2n) is 5.48. The lowest BCUT2D eigenvalue weighted by molar-refractivity contribution is -0.122. The largest absolute Gasteiger partial charge is 0.354 e. The van der Waals surface area contributed by atoms with Gasteiger partial charge in [-0.05, 0) is 43.9 Å². The third-order valence-electron chi connectivity index (χ3n) is 3.95. The predicted molar refractivity (Wildman–Crippen MR) is 84.6 cm³/mol. The molecule has 1 aliphatic heterocycles. The van der Waals surface area contributed by atoms with Crippen LogP contribution < -0.4 is 10.6 Å². The van der Waals surface area contributed by atoms with Gasteiger partial charge in [0.25, 0.3) is 5.91 Å². The first-order valence-electron chi connectivity index (χ1n) is 7.34. The summed E-state index contributed by atoms with van der Waals surface area (Å²) in [5.41, 5.74) is 0.629. The average Bonchev–Trinajstić information content (AvgIpc) is 2.70. The first kappa shape index (κ1) is 15.0. The van der Waals surface area contributed by atoms with Gasteiger partial charge in [0, 0.05) is 16.6 Å². The van der Waals surface area contributed by atoms with Crippen molar-refractivity contribution in [3.8, 4) is 0 Å².